The molecule has 29 heavy (non-hydrogen) atoms. The van der Waals surface area contributed by atoms with Crippen molar-refractivity contribution in [1.82, 2.24) is 25.2 Å². The lowest BCUT2D eigenvalue weighted by molar-refractivity contribution is 0.0756. The number of benzene rings is 1. The topological polar surface area (TPSA) is 97.7 Å². The summed E-state index contributed by atoms with van der Waals surface area (Å²) in [6, 6.07) is 9.75. The van der Waals surface area contributed by atoms with Gasteiger partial charge in [0.2, 0.25) is 5.89 Å². The zero-order valence-corrected chi connectivity index (χ0v) is 16.5. The molecule has 2 aromatic heterocycles. The SMILES string of the molecule is CCOC(=O)N1CCN(Cc2nnc(-c3c(-c4ccccc4)noc3C)o2)CC1. The molecule has 1 fully saturated rings. The lowest BCUT2D eigenvalue weighted by Crippen LogP contribution is -2.48. The first-order chi connectivity index (χ1) is 14.2. The minimum absolute atomic E-state index is 0.261. The Morgan fingerprint density at radius 2 is 1.90 bits per heavy atom. The summed E-state index contributed by atoms with van der Waals surface area (Å²) in [5, 5.41) is 12.6. The largest absolute Gasteiger partial charge is 0.450 e. The molecule has 0 radical (unpaired) electrons. The summed E-state index contributed by atoms with van der Waals surface area (Å²) in [6.45, 7) is 7.21. The molecular weight excluding hydrogens is 374 g/mol. The summed E-state index contributed by atoms with van der Waals surface area (Å²) in [7, 11) is 0. The maximum atomic E-state index is 11.8. The minimum Gasteiger partial charge on any atom is -0.450 e. The van der Waals surface area contributed by atoms with E-state index in [-0.39, 0.29) is 6.09 Å². The fraction of sp³-hybridized carbons (Fsp3) is 0.400. The molecule has 3 aromatic rings. The van der Waals surface area contributed by atoms with E-state index in [0.29, 0.717) is 55.0 Å². The number of carbonyl (C=O) groups excluding carboxylic acids is 1. The molecule has 0 atom stereocenters. The lowest BCUT2D eigenvalue weighted by atomic mass is 10.1. The summed E-state index contributed by atoms with van der Waals surface area (Å²) in [4.78, 5) is 15.7. The van der Waals surface area contributed by atoms with Gasteiger partial charge < -0.3 is 18.6 Å². The normalized spacial score (nSPS) is 14.9. The van der Waals surface area contributed by atoms with E-state index in [4.69, 9.17) is 13.7 Å². The third-order valence-corrected chi connectivity index (χ3v) is 4.85. The Morgan fingerprint density at radius 3 is 2.62 bits per heavy atom. The van der Waals surface area contributed by atoms with Gasteiger partial charge in [0, 0.05) is 31.7 Å². The number of aromatic nitrogens is 3. The van der Waals surface area contributed by atoms with E-state index in [2.05, 4.69) is 20.3 Å². The molecule has 152 valence electrons. The molecular formula is C20H23N5O4. The van der Waals surface area contributed by atoms with Gasteiger partial charge in [0.1, 0.15) is 17.0 Å². The predicted octanol–water partition coefficient (Wildman–Crippen LogP) is 2.97. The molecule has 3 heterocycles. The van der Waals surface area contributed by atoms with Gasteiger partial charge in [0.05, 0.1) is 13.2 Å². The van der Waals surface area contributed by atoms with Gasteiger partial charge >= 0.3 is 6.09 Å². The van der Waals surface area contributed by atoms with Crippen LogP contribution in [-0.4, -0.2) is 64.0 Å². The van der Waals surface area contributed by atoms with Crippen LogP contribution in [0.3, 0.4) is 0 Å². The number of aryl methyl sites for hydroxylation is 1. The first kappa shape index (κ1) is 19.1. The van der Waals surface area contributed by atoms with Crippen molar-refractivity contribution in [3.63, 3.8) is 0 Å². The monoisotopic (exact) mass is 397 g/mol. The van der Waals surface area contributed by atoms with Crippen molar-refractivity contribution >= 4 is 6.09 Å². The highest BCUT2D eigenvalue weighted by Crippen LogP contribution is 2.33. The Labute approximate surface area is 168 Å². The Kier molecular flexibility index (Phi) is 5.57. The van der Waals surface area contributed by atoms with Crippen LogP contribution in [0.1, 0.15) is 18.6 Å². The Balaban J connectivity index is 1.44. The summed E-state index contributed by atoms with van der Waals surface area (Å²) in [6.07, 6.45) is -0.261. The number of amides is 1. The Morgan fingerprint density at radius 1 is 1.14 bits per heavy atom. The van der Waals surface area contributed by atoms with Crippen LogP contribution >= 0.6 is 0 Å². The summed E-state index contributed by atoms with van der Waals surface area (Å²) >= 11 is 0. The molecule has 1 aliphatic rings. The molecule has 0 saturated carbocycles. The number of nitrogens with zero attached hydrogens (tertiary/aromatic N) is 5. The van der Waals surface area contributed by atoms with Gasteiger partial charge in [0.25, 0.3) is 5.89 Å². The van der Waals surface area contributed by atoms with Crippen LogP contribution in [0.15, 0.2) is 39.3 Å². The van der Waals surface area contributed by atoms with E-state index in [1.165, 1.54) is 0 Å². The quantitative estimate of drug-likeness (QED) is 0.648. The number of ether oxygens (including phenoxy) is 1. The Hall–Kier alpha value is -3.20. The molecule has 0 unspecified atom stereocenters. The van der Waals surface area contributed by atoms with Crippen molar-refractivity contribution < 1.29 is 18.5 Å². The first-order valence-electron chi connectivity index (χ1n) is 9.64. The zero-order valence-electron chi connectivity index (χ0n) is 16.5. The van der Waals surface area contributed by atoms with E-state index in [9.17, 15) is 4.79 Å². The van der Waals surface area contributed by atoms with Gasteiger partial charge in [-0.05, 0) is 13.8 Å². The molecule has 1 amide bonds. The molecule has 1 aliphatic heterocycles. The van der Waals surface area contributed by atoms with Gasteiger partial charge in [-0.15, -0.1) is 10.2 Å². The molecule has 9 heteroatoms. The lowest BCUT2D eigenvalue weighted by Gasteiger charge is -2.33. The van der Waals surface area contributed by atoms with Gasteiger partial charge in [-0.25, -0.2) is 4.79 Å². The molecule has 0 bridgehead atoms. The van der Waals surface area contributed by atoms with E-state index in [0.717, 1.165) is 18.7 Å². The average Bonchev–Trinajstić information content (AvgIpc) is 3.35. The number of rotatable bonds is 5. The fourth-order valence-electron chi connectivity index (χ4n) is 3.33. The molecule has 0 aliphatic carbocycles. The highest BCUT2D eigenvalue weighted by molar-refractivity contribution is 5.77. The third kappa shape index (κ3) is 4.14. The highest BCUT2D eigenvalue weighted by atomic mass is 16.6. The van der Waals surface area contributed by atoms with Gasteiger partial charge in [-0.3, -0.25) is 4.90 Å². The van der Waals surface area contributed by atoms with E-state index < -0.39 is 0 Å². The van der Waals surface area contributed by atoms with Crippen molar-refractivity contribution in [2.75, 3.05) is 32.8 Å². The van der Waals surface area contributed by atoms with Gasteiger partial charge in [-0.2, -0.15) is 0 Å². The fourth-order valence-corrected chi connectivity index (χ4v) is 3.33. The van der Waals surface area contributed by atoms with E-state index in [1.54, 1.807) is 4.90 Å². The van der Waals surface area contributed by atoms with Crippen LogP contribution in [0, 0.1) is 6.92 Å². The van der Waals surface area contributed by atoms with Crippen molar-refractivity contribution in [2.24, 2.45) is 0 Å². The molecule has 4 rings (SSSR count). The first-order valence-corrected chi connectivity index (χ1v) is 9.64. The number of carbonyl (C=O) groups is 1. The standard InChI is InChI=1S/C20H23N5O4/c1-3-27-20(26)25-11-9-24(10-12-25)13-16-21-22-19(28-16)17-14(2)29-23-18(17)15-7-5-4-6-8-15/h4-8H,3,9-13H2,1-2H3. The zero-order chi connectivity index (χ0) is 20.2. The van der Waals surface area contributed by atoms with Crippen LogP contribution in [0.5, 0.6) is 0 Å². The Bertz CT molecular complexity index is 960. The van der Waals surface area contributed by atoms with Crippen molar-refractivity contribution in [3.8, 4) is 22.7 Å². The maximum absolute atomic E-state index is 11.8. The van der Waals surface area contributed by atoms with Crippen LogP contribution in [0.4, 0.5) is 4.79 Å². The molecule has 9 nitrogen and oxygen atoms in total. The van der Waals surface area contributed by atoms with Crippen LogP contribution < -0.4 is 0 Å². The van der Waals surface area contributed by atoms with Crippen LogP contribution in [0.25, 0.3) is 22.7 Å². The number of hydrogen-bond donors (Lipinski definition) is 0. The smallest absolute Gasteiger partial charge is 0.409 e. The summed E-state index contributed by atoms with van der Waals surface area (Å²) in [5.74, 6) is 1.54. The predicted molar refractivity (Wildman–Crippen MR) is 104 cm³/mol. The molecule has 0 spiro atoms. The molecule has 0 N–H and O–H groups in total. The third-order valence-electron chi connectivity index (χ3n) is 4.85. The summed E-state index contributed by atoms with van der Waals surface area (Å²) < 4.78 is 16.3. The molecule has 1 saturated heterocycles. The van der Waals surface area contributed by atoms with Crippen molar-refractivity contribution in [1.29, 1.82) is 0 Å². The average molecular weight is 397 g/mol. The second-order valence-electron chi connectivity index (χ2n) is 6.79. The number of piperazine rings is 1. The van der Waals surface area contributed by atoms with Crippen LogP contribution in [-0.2, 0) is 11.3 Å². The molecule has 1 aromatic carbocycles. The van der Waals surface area contributed by atoms with Gasteiger partial charge in [-0.1, -0.05) is 35.5 Å². The number of hydrogen-bond acceptors (Lipinski definition) is 8. The highest BCUT2D eigenvalue weighted by Gasteiger charge is 2.25. The second-order valence-corrected chi connectivity index (χ2v) is 6.79. The maximum Gasteiger partial charge on any atom is 0.409 e. The van der Waals surface area contributed by atoms with Crippen molar-refractivity contribution in [3.05, 3.63) is 42.0 Å². The summed E-state index contributed by atoms with van der Waals surface area (Å²) in [5.41, 5.74) is 2.32. The second kappa shape index (κ2) is 8.44. The van der Waals surface area contributed by atoms with E-state index in [1.807, 2.05) is 44.2 Å². The minimum atomic E-state index is -0.261. The van der Waals surface area contributed by atoms with E-state index >= 15 is 0 Å². The van der Waals surface area contributed by atoms with Crippen LogP contribution in [0.2, 0.25) is 0 Å². The van der Waals surface area contributed by atoms with Crippen molar-refractivity contribution in [2.45, 2.75) is 20.4 Å². The van der Waals surface area contributed by atoms with Gasteiger partial charge in [0.15, 0.2) is 0 Å².